The van der Waals surface area contributed by atoms with Gasteiger partial charge in [0.05, 0.1) is 0 Å². The van der Waals surface area contributed by atoms with Crippen LogP contribution in [0.25, 0.3) is 11.1 Å². The molecule has 0 bridgehead atoms. The second kappa shape index (κ2) is 6.11. The van der Waals surface area contributed by atoms with E-state index in [9.17, 15) is 0 Å². The highest BCUT2D eigenvalue weighted by Crippen LogP contribution is 2.39. The number of hydrogen-bond donors (Lipinski definition) is 1. The molecule has 2 aromatic rings. The normalized spacial score (nSPS) is 12.5. The van der Waals surface area contributed by atoms with Crippen molar-refractivity contribution in [3.05, 3.63) is 51.5 Å². The Morgan fingerprint density at radius 2 is 1.12 bits per heavy atom. The summed E-state index contributed by atoms with van der Waals surface area (Å²) >= 11 is 6.58. The molecule has 1 nitrogen and oxygen atoms in total. The molecule has 0 radical (unpaired) electrons. The standard InChI is InChI=1S/C22H30ClN/c1-13-9-15(11-17(19(13)23)21(3,4)5)16-10-14(2)20(24)18(12-16)22(6,7)8/h9-12H,24H2,1-8H3. The molecule has 0 saturated heterocycles. The summed E-state index contributed by atoms with van der Waals surface area (Å²) in [6.07, 6.45) is 0. The Morgan fingerprint density at radius 1 is 0.708 bits per heavy atom. The van der Waals surface area contributed by atoms with Crippen LogP contribution in [0.5, 0.6) is 0 Å². The van der Waals surface area contributed by atoms with Gasteiger partial charge in [-0.05, 0) is 82.3 Å². The van der Waals surface area contributed by atoms with Gasteiger partial charge >= 0.3 is 0 Å². The second-order valence-corrected chi connectivity index (χ2v) is 9.29. The van der Waals surface area contributed by atoms with Crippen LogP contribution in [0.4, 0.5) is 5.69 Å². The van der Waals surface area contributed by atoms with Gasteiger partial charge in [-0.25, -0.2) is 0 Å². The minimum absolute atomic E-state index is 0.00750. The number of rotatable bonds is 1. The maximum Gasteiger partial charge on any atom is 0.0472 e. The van der Waals surface area contributed by atoms with Crippen molar-refractivity contribution in [3.8, 4) is 11.1 Å². The summed E-state index contributed by atoms with van der Waals surface area (Å²) in [4.78, 5) is 0. The molecular weight excluding hydrogens is 314 g/mol. The third-order valence-electron chi connectivity index (χ3n) is 4.59. The summed E-state index contributed by atoms with van der Waals surface area (Å²) in [7, 11) is 0. The smallest absolute Gasteiger partial charge is 0.0472 e. The molecular formula is C22H30ClN. The quantitative estimate of drug-likeness (QED) is 0.566. The predicted molar refractivity (Wildman–Crippen MR) is 108 cm³/mol. The van der Waals surface area contributed by atoms with Crippen molar-refractivity contribution in [2.75, 3.05) is 5.73 Å². The van der Waals surface area contributed by atoms with Crippen molar-refractivity contribution in [1.82, 2.24) is 0 Å². The summed E-state index contributed by atoms with van der Waals surface area (Å²) in [5.74, 6) is 0. The molecule has 0 aliphatic carbocycles. The molecule has 0 saturated carbocycles. The molecule has 2 aromatic carbocycles. The lowest BCUT2D eigenvalue weighted by molar-refractivity contribution is 0.589. The molecule has 2 rings (SSSR count). The first-order chi connectivity index (χ1) is 10.8. The Kier molecular flexibility index (Phi) is 4.80. The van der Waals surface area contributed by atoms with Crippen LogP contribution in [-0.2, 0) is 10.8 Å². The number of aryl methyl sites for hydroxylation is 2. The summed E-state index contributed by atoms with van der Waals surface area (Å²) < 4.78 is 0. The largest absolute Gasteiger partial charge is 0.398 e. The molecule has 0 spiro atoms. The third-order valence-corrected chi connectivity index (χ3v) is 5.09. The molecule has 0 heterocycles. The topological polar surface area (TPSA) is 26.0 Å². The lowest BCUT2D eigenvalue weighted by Gasteiger charge is -2.25. The Bertz CT molecular complexity index is 707. The van der Waals surface area contributed by atoms with E-state index in [1.807, 2.05) is 0 Å². The fraction of sp³-hybridized carbons (Fsp3) is 0.455. The van der Waals surface area contributed by atoms with Crippen molar-refractivity contribution in [2.45, 2.75) is 66.2 Å². The average Bonchev–Trinajstić information content (AvgIpc) is 2.41. The van der Waals surface area contributed by atoms with Gasteiger partial charge in [-0.15, -0.1) is 0 Å². The van der Waals surface area contributed by atoms with E-state index >= 15 is 0 Å². The number of hydrogen-bond acceptors (Lipinski definition) is 1. The molecule has 0 aliphatic heterocycles. The number of nitrogens with two attached hydrogens (primary N) is 1. The van der Waals surface area contributed by atoms with Crippen LogP contribution in [0.1, 0.15) is 63.8 Å². The zero-order chi connectivity index (χ0) is 18.4. The highest BCUT2D eigenvalue weighted by molar-refractivity contribution is 6.32. The van der Waals surface area contributed by atoms with Crippen LogP contribution in [0.2, 0.25) is 5.02 Å². The van der Waals surface area contributed by atoms with E-state index in [4.69, 9.17) is 17.3 Å². The summed E-state index contributed by atoms with van der Waals surface area (Å²) in [6.45, 7) is 17.4. The van der Waals surface area contributed by atoms with Gasteiger partial charge in [-0.2, -0.15) is 0 Å². The number of nitrogen functional groups attached to an aromatic ring is 1. The van der Waals surface area contributed by atoms with Gasteiger partial charge in [0.25, 0.3) is 0 Å². The molecule has 24 heavy (non-hydrogen) atoms. The molecule has 0 aliphatic rings. The van der Waals surface area contributed by atoms with E-state index in [0.717, 1.165) is 21.8 Å². The van der Waals surface area contributed by atoms with E-state index in [1.54, 1.807) is 0 Å². The molecule has 0 fully saturated rings. The van der Waals surface area contributed by atoms with Crippen LogP contribution in [0.15, 0.2) is 24.3 Å². The van der Waals surface area contributed by atoms with Gasteiger partial charge < -0.3 is 5.73 Å². The average molecular weight is 344 g/mol. The molecule has 0 aromatic heterocycles. The first kappa shape index (κ1) is 18.9. The van der Waals surface area contributed by atoms with Crippen molar-refractivity contribution < 1.29 is 0 Å². The van der Waals surface area contributed by atoms with E-state index < -0.39 is 0 Å². The SMILES string of the molecule is Cc1cc(-c2cc(C)c(Cl)c(C(C)(C)C)c2)cc(C(C)(C)C)c1N. The monoisotopic (exact) mass is 343 g/mol. The lowest BCUT2D eigenvalue weighted by Crippen LogP contribution is -2.15. The fourth-order valence-corrected chi connectivity index (χ4v) is 3.46. The zero-order valence-corrected chi connectivity index (χ0v) is 17.0. The zero-order valence-electron chi connectivity index (χ0n) is 16.3. The van der Waals surface area contributed by atoms with Gasteiger partial charge in [0.15, 0.2) is 0 Å². The Hall–Kier alpha value is -1.47. The maximum atomic E-state index is 6.58. The second-order valence-electron chi connectivity index (χ2n) is 8.91. The number of anilines is 1. The Balaban J connectivity index is 2.74. The maximum absolute atomic E-state index is 6.58. The van der Waals surface area contributed by atoms with Crippen molar-refractivity contribution in [1.29, 1.82) is 0 Å². The van der Waals surface area contributed by atoms with Crippen LogP contribution in [0.3, 0.4) is 0 Å². The number of benzene rings is 2. The van der Waals surface area contributed by atoms with Crippen molar-refractivity contribution in [3.63, 3.8) is 0 Å². The first-order valence-electron chi connectivity index (χ1n) is 8.54. The van der Waals surface area contributed by atoms with E-state index in [1.165, 1.54) is 22.3 Å². The highest BCUT2D eigenvalue weighted by atomic mass is 35.5. The van der Waals surface area contributed by atoms with Crippen LogP contribution in [-0.4, -0.2) is 0 Å². The van der Waals surface area contributed by atoms with Crippen LogP contribution in [0, 0.1) is 13.8 Å². The molecule has 0 amide bonds. The van der Waals surface area contributed by atoms with Crippen molar-refractivity contribution in [2.24, 2.45) is 0 Å². The number of halogens is 1. The molecule has 130 valence electrons. The van der Waals surface area contributed by atoms with E-state index in [2.05, 4.69) is 79.7 Å². The summed E-state index contributed by atoms with van der Waals surface area (Å²) in [6, 6.07) is 8.82. The van der Waals surface area contributed by atoms with Crippen LogP contribution < -0.4 is 5.73 Å². The van der Waals surface area contributed by atoms with Gasteiger partial charge in [0.1, 0.15) is 0 Å². The Labute approximate surface area is 152 Å². The molecule has 0 atom stereocenters. The van der Waals surface area contributed by atoms with E-state index in [0.29, 0.717) is 0 Å². The van der Waals surface area contributed by atoms with Gasteiger partial charge in [0, 0.05) is 10.7 Å². The molecule has 2 heteroatoms. The highest BCUT2D eigenvalue weighted by Gasteiger charge is 2.22. The van der Waals surface area contributed by atoms with Crippen molar-refractivity contribution >= 4 is 17.3 Å². The lowest BCUT2D eigenvalue weighted by atomic mass is 9.81. The fourth-order valence-electron chi connectivity index (χ4n) is 3.07. The molecule has 2 N–H and O–H groups in total. The van der Waals surface area contributed by atoms with Gasteiger partial charge in [-0.1, -0.05) is 53.1 Å². The minimum Gasteiger partial charge on any atom is -0.398 e. The van der Waals surface area contributed by atoms with Crippen LogP contribution >= 0.6 is 11.6 Å². The minimum atomic E-state index is 0.00750. The van der Waals surface area contributed by atoms with Gasteiger partial charge in [-0.3, -0.25) is 0 Å². The first-order valence-corrected chi connectivity index (χ1v) is 8.92. The predicted octanol–water partition coefficient (Wildman–Crippen LogP) is 6.80. The van der Waals surface area contributed by atoms with E-state index in [-0.39, 0.29) is 10.8 Å². The summed E-state index contributed by atoms with van der Waals surface area (Å²) in [5.41, 5.74) is 14.3. The van der Waals surface area contributed by atoms with Gasteiger partial charge in [0.2, 0.25) is 0 Å². The Morgan fingerprint density at radius 3 is 1.58 bits per heavy atom. The molecule has 0 unspecified atom stereocenters. The summed E-state index contributed by atoms with van der Waals surface area (Å²) in [5, 5.41) is 0.870. The third kappa shape index (κ3) is 3.62.